The Balaban J connectivity index is 1.72. The maximum atomic E-state index is 13.0. The first-order valence-corrected chi connectivity index (χ1v) is 11.4. The number of hydrogen-bond donors (Lipinski definition) is 1. The SMILES string of the molecule is CC[C@@H](C)OC(=O)C1(COc2c(-c3cccc4c3CNC4=O)ccc(OC)c2OC)CCC1. The van der Waals surface area contributed by atoms with Gasteiger partial charge >= 0.3 is 5.97 Å². The second-order valence-electron chi connectivity index (χ2n) is 8.74. The summed E-state index contributed by atoms with van der Waals surface area (Å²) < 4.78 is 23.2. The molecule has 0 radical (unpaired) electrons. The molecule has 1 atom stereocenters. The quantitative estimate of drug-likeness (QED) is 0.563. The van der Waals surface area contributed by atoms with Gasteiger partial charge in [-0.3, -0.25) is 9.59 Å². The molecule has 4 rings (SSSR count). The van der Waals surface area contributed by atoms with Crippen molar-refractivity contribution in [3.05, 3.63) is 41.5 Å². The molecule has 7 heteroatoms. The van der Waals surface area contributed by atoms with Crippen molar-refractivity contribution in [3.8, 4) is 28.4 Å². The van der Waals surface area contributed by atoms with Gasteiger partial charge < -0.3 is 24.3 Å². The number of esters is 1. The average molecular weight is 454 g/mol. The zero-order chi connectivity index (χ0) is 23.6. The molecule has 1 fully saturated rings. The van der Waals surface area contributed by atoms with Crippen LogP contribution in [0.5, 0.6) is 17.2 Å². The monoisotopic (exact) mass is 453 g/mol. The van der Waals surface area contributed by atoms with Crippen LogP contribution in [0.3, 0.4) is 0 Å². The van der Waals surface area contributed by atoms with Crippen molar-refractivity contribution in [2.75, 3.05) is 20.8 Å². The lowest BCUT2D eigenvalue weighted by Gasteiger charge is -2.39. The molecule has 1 amide bonds. The van der Waals surface area contributed by atoms with Crippen molar-refractivity contribution in [1.29, 1.82) is 0 Å². The molecule has 0 spiro atoms. The van der Waals surface area contributed by atoms with Gasteiger partial charge in [0.15, 0.2) is 11.5 Å². The summed E-state index contributed by atoms with van der Waals surface area (Å²) in [6.07, 6.45) is 3.05. The van der Waals surface area contributed by atoms with E-state index in [0.29, 0.717) is 29.4 Å². The summed E-state index contributed by atoms with van der Waals surface area (Å²) in [6.45, 7) is 4.53. The van der Waals surface area contributed by atoms with Gasteiger partial charge in [0.05, 0.1) is 20.3 Å². The molecule has 1 N–H and O–H groups in total. The topological polar surface area (TPSA) is 83.1 Å². The lowest BCUT2D eigenvalue weighted by atomic mass is 9.69. The molecule has 0 saturated heterocycles. The van der Waals surface area contributed by atoms with Gasteiger partial charge in [0.2, 0.25) is 5.75 Å². The van der Waals surface area contributed by atoms with Crippen molar-refractivity contribution in [2.24, 2.45) is 5.41 Å². The third-order valence-corrected chi connectivity index (χ3v) is 6.76. The summed E-state index contributed by atoms with van der Waals surface area (Å²) in [5.41, 5.74) is 2.57. The number of benzene rings is 2. The van der Waals surface area contributed by atoms with Crippen LogP contribution in [0.15, 0.2) is 30.3 Å². The Labute approximate surface area is 194 Å². The third kappa shape index (κ3) is 4.12. The minimum absolute atomic E-state index is 0.0870. The zero-order valence-corrected chi connectivity index (χ0v) is 19.7. The van der Waals surface area contributed by atoms with Crippen LogP contribution in [0, 0.1) is 5.41 Å². The van der Waals surface area contributed by atoms with Crippen LogP contribution in [0.4, 0.5) is 0 Å². The fourth-order valence-corrected chi connectivity index (χ4v) is 4.37. The minimum Gasteiger partial charge on any atom is -0.493 e. The Kier molecular flexibility index (Phi) is 6.49. The summed E-state index contributed by atoms with van der Waals surface area (Å²) in [6, 6.07) is 9.36. The molecular formula is C26H31NO6. The first-order chi connectivity index (χ1) is 15.9. The van der Waals surface area contributed by atoms with E-state index in [9.17, 15) is 9.59 Å². The fourth-order valence-electron chi connectivity index (χ4n) is 4.37. The van der Waals surface area contributed by atoms with E-state index < -0.39 is 5.41 Å². The number of rotatable bonds is 9. The summed E-state index contributed by atoms with van der Waals surface area (Å²) in [5, 5.41) is 2.88. The molecule has 2 aromatic carbocycles. The van der Waals surface area contributed by atoms with Gasteiger partial charge in [-0.1, -0.05) is 25.5 Å². The second kappa shape index (κ2) is 9.33. The highest BCUT2D eigenvalue weighted by atomic mass is 16.6. The summed E-state index contributed by atoms with van der Waals surface area (Å²) in [4.78, 5) is 25.2. The molecule has 33 heavy (non-hydrogen) atoms. The van der Waals surface area contributed by atoms with Crippen LogP contribution in [0.1, 0.15) is 55.5 Å². The standard InChI is InChI=1S/C26H31NO6/c1-5-16(2)33-25(29)26(12-7-13-26)15-32-22-18(10-11-21(30-3)23(22)31-4)17-8-6-9-19-20(17)14-27-24(19)28/h6,8-11,16H,5,7,12-15H2,1-4H3,(H,27,28)/t16-/m1/s1. The first-order valence-electron chi connectivity index (χ1n) is 11.4. The van der Waals surface area contributed by atoms with Crippen LogP contribution in [0.2, 0.25) is 0 Å². The van der Waals surface area contributed by atoms with Crippen LogP contribution >= 0.6 is 0 Å². The molecule has 176 valence electrons. The van der Waals surface area contributed by atoms with Gasteiger partial charge in [-0.25, -0.2) is 0 Å². The first kappa shape index (κ1) is 23.0. The van der Waals surface area contributed by atoms with Crippen LogP contribution in [0.25, 0.3) is 11.1 Å². The maximum Gasteiger partial charge on any atom is 0.315 e. The van der Waals surface area contributed by atoms with Gasteiger partial charge in [0.1, 0.15) is 12.0 Å². The Morgan fingerprint density at radius 2 is 1.82 bits per heavy atom. The molecule has 0 aromatic heterocycles. The van der Waals surface area contributed by atoms with Crippen LogP contribution in [-0.2, 0) is 16.1 Å². The lowest BCUT2D eigenvalue weighted by molar-refractivity contribution is -0.169. The Hall–Kier alpha value is -3.22. The molecule has 1 aliphatic carbocycles. The Bertz CT molecular complexity index is 1060. The minimum atomic E-state index is -0.662. The molecule has 1 heterocycles. The number of carbonyl (C=O) groups excluding carboxylic acids is 2. The van der Waals surface area contributed by atoms with E-state index in [2.05, 4.69) is 5.32 Å². The second-order valence-corrected chi connectivity index (χ2v) is 8.74. The van der Waals surface area contributed by atoms with Crippen molar-refractivity contribution in [2.45, 2.75) is 52.2 Å². The molecule has 1 aliphatic heterocycles. The van der Waals surface area contributed by atoms with Gasteiger partial charge in [-0.2, -0.15) is 0 Å². The number of ether oxygens (including phenoxy) is 4. The number of hydrogen-bond acceptors (Lipinski definition) is 6. The number of nitrogens with one attached hydrogen (secondary N) is 1. The predicted molar refractivity (Wildman–Crippen MR) is 124 cm³/mol. The highest BCUT2D eigenvalue weighted by Crippen LogP contribution is 2.48. The van der Waals surface area contributed by atoms with E-state index in [1.54, 1.807) is 14.2 Å². The van der Waals surface area contributed by atoms with E-state index in [0.717, 1.165) is 42.4 Å². The molecule has 7 nitrogen and oxygen atoms in total. The zero-order valence-electron chi connectivity index (χ0n) is 19.7. The van der Waals surface area contributed by atoms with Crippen LogP contribution in [-0.4, -0.2) is 38.8 Å². The summed E-state index contributed by atoms with van der Waals surface area (Å²) >= 11 is 0. The number of carbonyl (C=O) groups is 2. The van der Waals surface area contributed by atoms with E-state index >= 15 is 0 Å². The van der Waals surface area contributed by atoms with Gasteiger partial charge in [-0.15, -0.1) is 0 Å². The average Bonchev–Trinajstić information content (AvgIpc) is 3.18. The molecule has 0 bridgehead atoms. The van der Waals surface area contributed by atoms with Gasteiger partial charge in [-0.05, 0) is 55.5 Å². The third-order valence-electron chi connectivity index (χ3n) is 6.76. The van der Waals surface area contributed by atoms with Crippen molar-refractivity contribution in [1.82, 2.24) is 5.32 Å². The van der Waals surface area contributed by atoms with E-state index in [1.165, 1.54) is 0 Å². The van der Waals surface area contributed by atoms with E-state index in [1.807, 2.05) is 44.2 Å². The molecule has 0 unspecified atom stereocenters. The molecule has 2 aliphatic rings. The fraction of sp³-hybridized carbons (Fsp3) is 0.462. The lowest BCUT2D eigenvalue weighted by Crippen LogP contribution is -2.45. The van der Waals surface area contributed by atoms with E-state index in [-0.39, 0.29) is 24.6 Å². The smallest absolute Gasteiger partial charge is 0.315 e. The van der Waals surface area contributed by atoms with Crippen molar-refractivity contribution < 1.29 is 28.5 Å². The number of fused-ring (bicyclic) bond motifs is 1. The van der Waals surface area contributed by atoms with Gasteiger partial charge in [0.25, 0.3) is 5.91 Å². The maximum absolute atomic E-state index is 13.0. The van der Waals surface area contributed by atoms with E-state index in [4.69, 9.17) is 18.9 Å². The van der Waals surface area contributed by atoms with Gasteiger partial charge in [0, 0.05) is 17.7 Å². The normalized spacial score (nSPS) is 16.8. The highest BCUT2D eigenvalue weighted by molar-refractivity contribution is 6.01. The molecular weight excluding hydrogens is 422 g/mol. The summed E-state index contributed by atoms with van der Waals surface area (Å²) in [7, 11) is 3.13. The largest absolute Gasteiger partial charge is 0.493 e. The Morgan fingerprint density at radius 3 is 2.45 bits per heavy atom. The molecule has 2 aromatic rings. The molecule has 1 saturated carbocycles. The predicted octanol–water partition coefficient (Wildman–Crippen LogP) is 4.51. The van der Waals surface area contributed by atoms with Crippen molar-refractivity contribution in [3.63, 3.8) is 0 Å². The summed E-state index contributed by atoms with van der Waals surface area (Å²) in [5.74, 6) is 1.18. The number of amides is 1. The highest BCUT2D eigenvalue weighted by Gasteiger charge is 2.47. The number of methoxy groups -OCH3 is 2. The Morgan fingerprint density at radius 1 is 1.06 bits per heavy atom. The van der Waals surface area contributed by atoms with Crippen LogP contribution < -0.4 is 19.5 Å². The van der Waals surface area contributed by atoms with Crippen molar-refractivity contribution >= 4 is 11.9 Å².